The number of aryl methyl sites for hydroxylation is 1. The Morgan fingerprint density at radius 1 is 1.35 bits per heavy atom. The lowest BCUT2D eigenvalue weighted by molar-refractivity contribution is -0.0503. The smallest absolute Gasteiger partial charge is 0.123 e. The van der Waals surface area contributed by atoms with Crippen molar-refractivity contribution in [2.75, 3.05) is 26.2 Å². The Bertz CT molecular complexity index is 489. The largest absolute Gasteiger partial charge is 0.368 e. The summed E-state index contributed by atoms with van der Waals surface area (Å²) in [6.45, 7) is 3.89. The van der Waals surface area contributed by atoms with E-state index < -0.39 is 0 Å². The molecule has 3 unspecified atom stereocenters. The van der Waals surface area contributed by atoms with Crippen LogP contribution in [0.2, 0.25) is 0 Å². The van der Waals surface area contributed by atoms with Crippen molar-refractivity contribution < 1.29 is 4.74 Å². The van der Waals surface area contributed by atoms with E-state index in [4.69, 9.17) is 15.5 Å². The molecule has 1 aromatic rings. The molecule has 5 heteroatoms. The Morgan fingerprint density at radius 2 is 2.30 bits per heavy atom. The summed E-state index contributed by atoms with van der Waals surface area (Å²) < 4.78 is 6.10. The van der Waals surface area contributed by atoms with Crippen molar-refractivity contribution in [1.29, 1.82) is 0 Å². The summed E-state index contributed by atoms with van der Waals surface area (Å²) in [5, 5.41) is 1.20. The first kappa shape index (κ1) is 13.2. The van der Waals surface area contributed by atoms with Crippen LogP contribution in [0.15, 0.2) is 0 Å². The van der Waals surface area contributed by atoms with E-state index in [0.29, 0.717) is 12.0 Å². The molecule has 1 aromatic heterocycles. The van der Waals surface area contributed by atoms with Crippen LogP contribution in [0.1, 0.15) is 53.3 Å². The van der Waals surface area contributed by atoms with Crippen LogP contribution in [0.4, 0.5) is 0 Å². The highest BCUT2D eigenvalue weighted by Crippen LogP contribution is 2.38. The van der Waals surface area contributed by atoms with Gasteiger partial charge in [0.1, 0.15) is 11.1 Å². The minimum Gasteiger partial charge on any atom is -0.368 e. The number of hydrogen-bond acceptors (Lipinski definition) is 5. The van der Waals surface area contributed by atoms with Crippen LogP contribution in [-0.2, 0) is 11.2 Å². The number of nitrogens with zero attached hydrogens (tertiary/aromatic N) is 2. The van der Waals surface area contributed by atoms with Crippen LogP contribution in [0.3, 0.4) is 0 Å². The van der Waals surface area contributed by atoms with Gasteiger partial charge in [0.15, 0.2) is 0 Å². The highest BCUT2D eigenvalue weighted by atomic mass is 32.1. The maximum Gasteiger partial charge on any atom is 0.123 e. The number of nitrogens with two attached hydrogens (primary N) is 1. The molecular weight excluding hydrogens is 270 g/mol. The fourth-order valence-corrected chi connectivity index (χ4v) is 5.09. The number of hydrogen-bond donors (Lipinski definition) is 1. The Labute approximate surface area is 124 Å². The molecule has 0 radical (unpaired) electrons. The number of ether oxygens (including phenoxy) is 1. The van der Waals surface area contributed by atoms with Gasteiger partial charge in [-0.05, 0) is 38.6 Å². The summed E-state index contributed by atoms with van der Waals surface area (Å²) in [7, 11) is 0. The lowest BCUT2D eigenvalue weighted by Gasteiger charge is -2.34. The monoisotopic (exact) mass is 293 g/mol. The standard InChI is InChI=1S/C15H23N3OS/c16-7-10-3-1-5-13-14(10)17-15(20-13)12-8-18-6-2-4-11(18)9-19-12/h10-12H,1-9,16H2. The summed E-state index contributed by atoms with van der Waals surface area (Å²) >= 11 is 1.88. The Balaban J connectivity index is 1.55. The lowest BCUT2D eigenvalue weighted by atomic mass is 9.91. The highest BCUT2D eigenvalue weighted by Gasteiger charge is 2.35. The molecule has 3 aliphatic rings. The molecule has 2 aliphatic heterocycles. The zero-order valence-corrected chi connectivity index (χ0v) is 12.7. The van der Waals surface area contributed by atoms with Gasteiger partial charge in [0.05, 0.1) is 12.3 Å². The summed E-state index contributed by atoms with van der Waals surface area (Å²) in [5.74, 6) is 0.479. The molecule has 1 aliphatic carbocycles. The Hall–Kier alpha value is -0.490. The second-order valence-corrected chi connectivity index (χ2v) is 7.41. The van der Waals surface area contributed by atoms with Gasteiger partial charge in [-0.2, -0.15) is 0 Å². The van der Waals surface area contributed by atoms with E-state index in [2.05, 4.69) is 4.90 Å². The fraction of sp³-hybridized carbons (Fsp3) is 0.800. The Morgan fingerprint density at radius 3 is 3.20 bits per heavy atom. The first-order chi connectivity index (χ1) is 9.85. The van der Waals surface area contributed by atoms with Crippen LogP contribution in [0.25, 0.3) is 0 Å². The van der Waals surface area contributed by atoms with Gasteiger partial charge >= 0.3 is 0 Å². The zero-order valence-electron chi connectivity index (χ0n) is 11.9. The van der Waals surface area contributed by atoms with E-state index in [1.807, 2.05) is 11.3 Å². The zero-order chi connectivity index (χ0) is 13.5. The number of fused-ring (bicyclic) bond motifs is 2. The van der Waals surface area contributed by atoms with Crippen molar-refractivity contribution in [2.24, 2.45) is 5.73 Å². The predicted octanol–water partition coefficient (Wildman–Crippen LogP) is 2.06. The summed E-state index contributed by atoms with van der Waals surface area (Å²) in [4.78, 5) is 8.99. The third-order valence-corrected chi connectivity index (χ3v) is 6.26. The third-order valence-electron chi connectivity index (χ3n) is 5.04. The molecule has 0 amide bonds. The average Bonchev–Trinajstić information content (AvgIpc) is 3.11. The van der Waals surface area contributed by atoms with Gasteiger partial charge in [-0.3, -0.25) is 4.90 Å². The summed E-state index contributed by atoms with van der Waals surface area (Å²) in [5.41, 5.74) is 7.18. The lowest BCUT2D eigenvalue weighted by Crippen LogP contribution is -2.42. The van der Waals surface area contributed by atoms with Crippen molar-refractivity contribution in [3.63, 3.8) is 0 Å². The summed E-state index contributed by atoms with van der Waals surface area (Å²) in [6.07, 6.45) is 6.46. The summed E-state index contributed by atoms with van der Waals surface area (Å²) in [6, 6.07) is 0.664. The SMILES string of the molecule is NCC1CCCc2sc(C3CN4CCCC4CO3)nc21. The van der Waals surface area contributed by atoms with Gasteiger partial charge in [-0.1, -0.05) is 0 Å². The van der Waals surface area contributed by atoms with E-state index in [1.165, 1.54) is 54.2 Å². The quantitative estimate of drug-likeness (QED) is 0.907. The topological polar surface area (TPSA) is 51.4 Å². The second-order valence-electron chi connectivity index (χ2n) is 6.30. The molecule has 2 N–H and O–H groups in total. The maximum atomic E-state index is 6.10. The van der Waals surface area contributed by atoms with Gasteiger partial charge < -0.3 is 10.5 Å². The van der Waals surface area contributed by atoms with E-state index >= 15 is 0 Å². The second kappa shape index (κ2) is 5.37. The molecule has 0 aromatic carbocycles. The average molecular weight is 293 g/mol. The molecule has 4 nitrogen and oxygen atoms in total. The van der Waals surface area contributed by atoms with Crippen molar-refractivity contribution in [1.82, 2.24) is 9.88 Å². The number of morpholine rings is 1. The molecular formula is C15H23N3OS. The van der Waals surface area contributed by atoms with Gasteiger partial charge in [0.2, 0.25) is 0 Å². The van der Waals surface area contributed by atoms with Crippen LogP contribution in [0, 0.1) is 0 Å². The number of rotatable bonds is 2. The van der Waals surface area contributed by atoms with Gasteiger partial charge in [0.25, 0.3) is 0 Å². The molecule has 2 saturated heterocycles. The van der Waals surface area contributed by atoms with Crippen molar-refractivity contribution >= 4 is 11.3 Å². The van der Waals surface area contributed by atoms with Crippen LogP contribution >= 0.6 is 11.3 Å². The van der Waals surface area contributed by atoms with Crippen LogP contribution < -0.4 is 5.73 Å². The Kier molecular flexibility index (Phi) is 3.54. The molecule has 0 spiro atoms. The first-order valence-electron chi connectivity index (χ1n) is 7.90. The first-order valence-corrected chi connectivity index (χ1v) is 8.72. The highest BCUT2D eigenvalue weighted by molar-refractivity contribution is 7.11. The minimum atomic E-state index is 0.193. The number of aromatic nitrogens is 1. The number of thiazole rings is 1. The normalized spacial score (nSPS) is 34.0. The van der Waals surface area contributed by atoms with Crippen molar-refractivity contribution in [2.45, 2.75) is 50.2 Å². The van der Waals surface area contributed by atoms with E-state index in [0.717, 1.165) is 19.7 Å². The van der Waals surface area contributed by atoms with Gasteiger partial charge in [0, 0.05) is 29.9 Å². The van der Waals surface area contributed by atoms with E-state index in [-0.39, 0.29) is 6.10 Å². The molecule has 3 atom stereocenters. The van der Waals surface area contributed by atoms with Gasteiger partial charge in [-0.15, -0.1) is 11.3 Å². The molecule has 0 bridgehead atoms. The van der Waals surface area contributed by atoms with E-state index in [1.54, 1.807) is 0 Å². The molecule has 4 rings (SSSR count). The predicted molar refractivity (Wildman–Crippen MR) is 80.1 cm³/mol. The van der Waals surface area contributed by atoms with Crippen molar-refractivity contribution in [3.8, 4) is 0 Å². The fourth-order valence-electron chi connectivity index (χ4n) is 3.86. The van der Waals surface area contributed by atoms with E-state index in [9.17, 15) is 0 Å². The van der Waals surface area contributed by atoms with Crippen LogP contribution in [-0.4, -0.2) is 42.2 Å². The molecule has 110 valence electrons. The molecule has 0 saturated carbocycles. The van der Waals surface area contributed by atoms with Crippen molar-refractivity contribution in [3.05, 3.63) is 15.6 Å². The molecule has 20 heavy (non-hydrogen) atoms. The molecule has 3 heterocycles. The molecule has 2 fully saturated rings. The third kappa shape index (κ3) is 2.21. The maximum absolute atomic E-state index is 6.10. The minimum absolute atomic E-state index is 0.193. The van der Waals surface area contributed by atoms with Gasteiger partial charge in [-0.25, -0.2) is 4.98 Å². The van der Waals surface area contributed by atoms with Crippen LogP contribution in [0.5, 0.6) is 0 Å².